The summed E-state index contributed by atoms with van der Waals surface area (Å²) >= 11 is 6.09. The molecule has 0 saturated carbocycles. The van der Waals surface area contributed by atoms with Crippen molar-refractivity contribution in [2.45, 2.75) is 33.2 Å². The minimum Gasteiger partial charge on any atom is -0.380 e. The highest BCUT2D eigenvalue weighted by Crippen LogP contribution is 2.26. The van der Waals surface area contributed by atoms with Gasteiger partial charge in [-0.15, -0.1) is 0 Å². The molecular formula is C13H19ClN2O. The van der Waals surface area contributed by atoms with Crippen LogP contribution in [0.3, 0.4) is 0 Å². The van der Waals surface area contributed by atoms with Crippen LogP contribution in [-0.4, -0.2) is 18.0 Å². The van der Waals surface area contributed by atoms with Crippen molar-refractivity contribution in [3.63, 3.8) is 0 Å². The van der Waals surface area contributed by atoms with Gasteiger partial charge in [-0.25, -0.2) is 0 Å². The fourth-order valence-corrected chi connectivity index (χ4v) is 1.77. The molecule has 0 aromatic heterocycles. The Morgan fingerprint density at radius 1 is 1.35 bits per heavy atom. The number of benzene rings is 1. The van der Waals surface area contributed by atoms with Gasteiger partial charge in [-0.2, -0.15) is 0 Å². The Morgan fingerprint density at radius 3 is 2.53 bits per heavy atom. The molecule has 0 aliphatic heterocycles. The van der Waals surface area contributed by atoms with Gasteiger partial charge in [0, 0.05) is 17.8 Å². The van der Waals surface area contributed by atoms with E-state index in [1.54, 1.807) is 6.07 Å². The lowest BCUT2D eigenvalue weighted by Gasteiger charge is -2.24. The first-order valence-corrected chi connectivity index (χ1v) is 6.08. The molecule has 94 valence electrons. The molecule has 0 unspecified atom stereocenters. The molecular weight excluding hydrogens is 236 g/mol. The molecule has 17 heavy (non-hydrogen) atoms. The van der Waals surface area contributed by atoms with Crippen LogP contribution in [0.4, 0.5) is 5.69 Å². The van der Waals surface area contributed by atoms with Crippen LogP contribution in [0.1, 0.15) is 38.1 Å². The van der Waals surface area contributed by atoms with Crippen molar-refractivity contribution in [1.29, 1.82) is 0 Å². The van der Waals surface area contributed by atoms with Gasteiger partial charge in [0.05, 0.1) is 10.6 Å². The molecule has 2 N–H and O–H groups in total. The van der Waals surface area contributed by atoms with Crippen LogP contribution < -0.4 is 10.6 Å². The normalized spacial score (nSPS) is 11.1. The van der Waals surface area contributed by atoms with E-state index in [4.69, 9.17) is 11.6 Å². The molecule has 0 fully saturated rings. The van der Waals surface area contributed by atoms with Gasteiger partial charge in [0.25, 0.3) is 5.91 Å². The van der Waals surface area contributed by atoms with Crippen molar-refractivity contribution in [2.75, 3.05) is 11.9 Å². The van der Waals surface area contributed by atoms with Crippen molar-refractivity contribution < 1.29 is 4.79 Å². The summed E-state index contributed by atoms with van der Waals surface area (Å²) in [6.45, 7) is 8.57. The van der Waals surface area contributed by atoms with E-state index >= 15 is 0 Å². The van der Waals surface area contributed by atoms with Crippen molar-refractivity contribution in [3.05, 3.63) is 28.8 Å². The average Bonchev–Trinajstić information content (AvgIpc) is 2.15. The predicted octanol–water partition coefficient (Wildman–Crippen LogP) is 3.30. The third kappa shape index (κ3) is 3.93. The molecule has 1 aromatic carbocycles. The van der Waals surface area contributed by atoms with Gasteiger partial charge in [-0.1, -0.05) is 17.7 Å². The minimum absolute atomic E-state index is 0.119. The summed E-state index contributed by atoms with van der Waals surface area (Å²) in [5.74, 6) is -0.148. The highest BCUT2D eigenvalue weighted by molar-refractivity contribution is 6.34. The molecule has 0 radical (unpaired) electrons. The van der Waals surface area contributed by atoms with E-state index in [9.17, 15) is 4.79 Å². The lowest BCUT2D eigenvalue weighted by atomic mass is 10.1. The Balaban J connectivity index is 3.13. The van der Waals surface area contributed by atoms with E-state index in [-0.39, 0.29) is 11.4 Å². The molecule has 1 aromatic rings. The molecule has 0 aliphatic carbocycles. The number of carbonyl (C=O) groups is 1. The van der Waals surface area contributed by atoms with Crippen molar-refractivity contribution in [1.82, 2.24) is 5.32 Å². The maximum absolute atomic E-state index is 11.9. The zero-order chi connectivity index (χ0) is 13.1. The zero-order valence-corrected chi connectivity index (χ0v) is 11.5. The number of anilines is 1. The number of nitrogens with one attached hydrogen (secondary N) is 2. The van der Waals surface area contributed by atoms with E-state index < -0.39 is 0 Å². The second-order valence-electron chi connectivity index (χ2n) is 4.90. The Labute approximate surface area is 108 Å². The molecule has 1 amide bonds. The molecule has 0 heterocycles. The number of halogens is 1. The predicted molar refractivity (Wildman–Crippen MR) is 72.8 cm³/mol. The monoisotopic (exact) mass is 254 g/mol. The number of amides is 1. The summed E-state index contributed by atoms with van der Waals surface area (Å²) < 4.78 is 0. The van der Waals surface area contributed by atoms with E-state index in [1.807, 2.05) is 39.8 Å². The molecule has 1 rings (SSSR count). The van der Waals surface area contributed by atoms with E-state index in [1.165, 1.54) is 0 Å². The largest absolute Gasteiger partial charge is 0.380 e. The first-order chi connectivity index (χ1) is 7.85. The quantitative estimate of drug-likeness (QED) is 0.869. The third-order valence-electron chi connectivity index (χ3n) is 2.09. The second kappa shape index (κ2) is 5.41. The summed E-state index contributed by atoms with van der Waals surface area (Å²) in [5.41, 5.74) is 1.15. The topological polar surface area (TPSA) is 41.1 Å². The maximum atomic E-state index is 11.9. The van der Waals surface area contributed by atoms with Gasteiger partial charge >= 0.3 is 0 Å². The van der Waals surface area contributed by atoms with Gasteiger partial charge in [-0.3, -0.25) is 4.79 Å². The molecule has 0 atom stereocenters. The summed E-state index contributed by atoms with van der Waals surface area (Å²) in [6, 6.07) is 5.42. The van der Waals surface area contributed by atoms with Crippen LogP contribution in [0.15, 0.2) is 18.2 Å². The first kappa shape index (κ1) is 13.8. The Hall–Kier alpha value is -1.22. The second-order valence-corrected chi connectivity index (χ2v) is 5.30. The lowest BCUT2D eigenvalue weighted by molar-refractivity contribution is 0.0956. The van der Waals surface area contributed by atoms with Gasteiger partial charge in [-0.05, 0) is 39.8 Å². The Kier molecular flexibility index (Phi) is 4.40. The molecule has 0 saturated heterocycles. The summed E-state index contributed by atoms with van der Waals surface area (Å²) in [7, 11) is 0. The third-order valence-corrected chi connectivity index (χ3v) is 2.40. The summed E-state index contributed by atoms with van der Waals surface area (Å²) in [5, 5.41) is 6.51. The van der Waals surface area contributed by atoms with E-state index in [0.29, 0.717) is 17.1 Å². The standard InChI is InChI=1S/C13H19ClN2O/c1-5-15-12(17)11-9(14)7-6-8-10(11)16-13(2,3)4/h6-8,16H,5H2,1-4H3,(H,15,17). The van der Waals surface area contributed by atoms with Crippen molar-refractivity contribution >= 4 is 23.2 Å². The van der Waals surface area contributed by atoms with Gasteiger partial charge in [0.1, 0.15) is 0 Å². The van der Waals surface area contributed by atoms with Crippen molar-refractivity contribution in [3.8, 4) is 0 Å². The van der Waals surface area contributed by atoms with Gasteiger partial charge in [0.2, 0.25) is 0 Å². The number of carbonyl (C=O) groups excluding carboxylic acids is 1. The van der Waals surface area contributed by atoms with Crippen molar-refractivity contribution in [2.24, 2.45) is 0 Å². The van der Waals surface area contributed by atoms with E-state index in [2.05, 4.69) is 10.6 Å². The van der Waals surface area contributed by atoms with Crippen LogP contribution >= 0.6 is 11.6 Å². The van der Waals surface area contributed by atoms with Crippen LogP contribution in [0, 0.1) is 0 Å². The molecule has 0 bridgehead atoms. The number of hydrogen-bond acceptors (Lipinski definition) is 2. The highest BCUT2D eigenvalue weighted by Gasteiger charge is 2.18. The van der Waals surface area contributed by atoms with Crippen LogP contribution in [0.2, 0.25) is 5.02 Å². The molecule has 3 nitrogen and oxygen atoms in total. The lowest BCUT2D eigenvalue weighted by Crippen LogP contribution is -2.30. The van der Waals surface area contributed by atoms with Gasteiger partial charge in [0.15, 0.2) is 0 Å². The summed E-state index contributed by atoms with van der Waals surface area (Å²) in [4.78, 5) is 11.9. The minimum atomic E-state index is -0.148. The fraction of sp³-hybridized carbons (Fsp3) is 0.462. The van der Waals surface area contributed by atoms with E-state index in [0.717, 1.165) is 5.69 Å². The van der Waals surface area contributed by atoms with Crippen LogP contribution in [0.5, 0.6) is 0 Å². The fourth-order valence-electron chi connectivity index (χ4n) is 1.51. The SMILES string of the molecule is CCNC(=O)c1c(Cl)cccc1NC(C)(C)C. The number of hydrogen-bond donors (Lipinski definition) is 2. The zero-order valence-electron chi connectivity index (χ0n) is 10.7. The molecule has 0 aliphatic rings. The number of rotatable bonds is 3. The highest BCUT2D eigenvalue weighted by atomic mass is 35.5. The Morgan fingerprint density at radius 2 is 2.00 bits per heavy atom. The smallest absolute Gasteiger partial charge is 0.254 e. The van der Waals surface area contributed by atoms with Crippen LogP contribution in [-0.2, 0) is 0 Å². The summed E-state index contributed by atoms with van der Waals surface area (Å²) in [6.07, 6.45) is 0. The first-order valence-electron chi connectivity index (χ1n) is 5.70. The Bertz CT molecular complexity index is 410. The average molecular weight is 255 g/mol. The van der Waals surface area contributed by atoms with Gasteiger partial charge < -0.3 is 10.6 Å². The van der Waals surface area contributed by atoms with Crippen LogP contribution in [0.25, 0.3) is 0 Å². The maximum Gasteiger partial charge on any atom is 0.254 e. The molecule has 4 heteroatoms. The molecule has 0 spiro atoms.